The zero-order valence-electron chi connectivity index (χ0n) is 7.07. The summed E-state index contributed by atoms with van der Waals surface area (Å²) in [6, 6.07) is 5.80. The molecule has 0 aliphatic heterocycles. The number of rotatable bonds is 0. The van der Waals surface area contributed by atoms with Crippen LogP contribution in [-0.2, 0) is 0 Å². The van der Waals surface area contributed by atoms with Gasteiger partial charge in [-0.3, -0.25) is 0 Å². The summed E-state index contributed by atoms with van der Waals surface area (Å²) in [5, 5.41) is 9.48. The second kappa shape index (κ2) is 2.24. The van der Waals surface area contributed by atoms with Crippen LogP contribution in [0, 0.1) is 13.8 Å². The Morgan fingerprint density at radius 1 is 1.33 bits per heavy atom. The fourth-order valence-electron chi connectivity index (χ4n) is 1.29. The number of nitrogens with zero attached hydrogens (tertiary/aromatic N) is 2. The molecule has 2 rings (SSSR count). The number of hydrogen-bond donors (Lipinski definition) is 1. The summed E-state index contributed by atoms with van der Waals surface area (Å²) in [5.41, 5.74) is 2.73. The van der Waals surface area contributed by atoms with Crippen molar-refractivity contribution in [3.05, 3.63) is 29.6 Å². The highest BCUT2D eigenvalue weighted by Gasteiger charge is 2.04. The first-order valence-corrected chi connectivity index (χ1v) is 3.83. The molecule has 0 saturated carbocycles. The first kappa shape index (κ1) is 7.16. The van der Waals surface area contributed by atoms with Gasteiger partial charge in [0.1, 0.15) is 11.3 Å². The molecule has 0 unspecified atom stereocenters. The molecule has 12 heavy (non-hydrogen) atoms. The molecule has 0 fully saturated rings. The molecule has 0 amide bonds. The Labute approximate surface area is 70.2 Å². The van der Waals surface area contributed by atoms with E-state index in [-0.39, 0.29) is 0 Å². The molecule has 0 radical (unpaired) electrons. The Bertz CT molecular complexity index is 431. The van der Waals surface area contributed by atoms with Crippen LogP contribution in [0.4, 0.5) is 0 Å². The maximum atomic E-state index is 9.48. The van der Waals surface area contributed by atoms with Gasteiger partial charge >= 0.3 is 0 Å². The fraction of sp³-hybridized carbons (Fsp3) is 0.222. The molecular weight excluding hydrogens is 152 g/mol. The Hall–Kier alpha value is -1.51. The van der Waals surface area contributed by atoms with E-state index in [1.54, 1.807) is 6.92 Å². The van der Waals surface area contributed by atoms with Gasteiger partial charge in [0.05, 0.1) is 5.52 Å². The molecule has 0 saturated heterocycles. The van der Waals surface area contributed by atoms with E-state index in [0.717, 1.165) is 21.3 Å². The van der Waals surface area contributed by atoms with Crippen molar-refractivity contribution in [1.29, 1.82) is 0 Å². The van der Waals surface area contributed by atoms with Crippen LogP contribution in [0.2, 0.25) is 0 Å². The summed E-state index contributed by atoms with van der Waals surface area (Å²) < 4.78 is 1.11. The summed E-state index contributed by atoms with van der Waals surface area (Å²) >= 11 is 0. The number of imidazole rings is 1. The van der Waals surface area contributed by atoms with Gasteiger partial charge in [0.2, 0.25) is 0 Å². The Morgan fingerprint density at radius 3 is 2.83 bits per heavy atom. The molecule has 1 aromatic heterocycles. The summed E-state index contributed by atoms with van der Waals surface area (Å²) in [6.07, 6.45) is 0. The van der Waals surface area contributed by atoms with Gasteiger partial charge in [0.15, 0.2) is 0 Å². The van der Waals surface area contributed by atoms with Crippen molar-refractivity contribution >= 4 is 11.0 Å². The van der Waals surface area contributed by atoms with Crippen LogP contribution >= 0.6 is 0 Å². The van der Waals surface area contributed by atoms with E-state index in [9.17, 15) is 5.21 Å². The average Bonchev–Trinajstić information content (AvgIpc) is 2.31. The highest BCUT2D eigenvalue weighted by molar-refractivity contribution is 5.76. The third kappa shape index (κ3) is 0.863. The minimum atomic E-state index is 0.621. The van der Waals surface area contributed by atoms with Crippen LogP contribution in [-0.4, -0.2) is 14.9 Å². The van der Waals surface area contributed by atoms with E-state index in [1.807, 2.05) is 25.1 Å². The number of aromatic nitrogens is 2. The summed E-state index contributed by atoms with van der Waals surface area (Å²) in [7, 11) is 0. The third-order valence-corrected chi connectivity index (χ3v) is 1.95. The van der Waals surface area contributed by atoms with E-state index >= 15 is 0 Å². The molecule has 0 spiro atoms. The van der Waals surface area contributed by atoms with E-state index in [0.29, 0.717) is 5.82 Å². The van der Waals surface area contributed by atoms with E-state index in [4.69, 9.17) is 0 Å². The Balaban J connectivity index is 2.88. The maximum absolute atomic E-state index is 9.48. The first-order chi connectivity index (χ1) is 5.68. The van der Waals surface area contributed by atoms with Gasteiger partial charge in [-0.05, 0) is 31.5 Å². The standard InChI is InChI=1S/C9H10N2O/c1-6-3-4-8-9(5-6)11(12)7(2)10-8/h3-5,12H,1-2H3. The van der Waals surface area contributed by atoms with Gasteiger partial charge in [-0.2, -0.15) is 4.73 Å². The van der Waals surface area contributed by atoms with Crippen molar-refractivity contribution in [2.24, 2.45) is 0 Å². The molecule has 1 heterocycles. The van der Waals surface area contributed by atoms with Gasteiger partial charge < -0.3 is 5.21 Å². The van der Waals surface area contributed by atoms with Crippen molar-refractivity contribution in [3.63, 3.8) is 0 Å². The molecular formula is C9H10N2O. The Morgan fingerprint density at radius 2 is 2.08 bits per heavy atom. The predicted octanol–water partition coefficient (Wildman–Crippen LogP) is 1.89. The average molecular weight is 162 g/mol. The van der Waals surface area contributed by atoms with Crippen molar-refractivity contribution in [2.75, 3.05) is 0 Å². The van der Waals surface area contributed by atoms with Crippen LogP contribution in [0.5, 0.6) is 0 Å². The summed E-state index contributed by atoms with van der Waals surface area (Å²) in [4.78, 5) is 4.17. The zero-order valence-corrected chi connectivity index (χ0v) is 7.07. The predicted molar refractivity (Wildman–Crippen MR) is 46.4 cm³/mol. The fourth-order valence-corrected chi connectivity index (χ4v) is 1.29. The van der Waals surface area contributed by atoms with Crippen LogP contribution in [0.1, 0.15) is 11.4 Å². The number of aryl methyl sites for hydroxylation is 2. The van der Waals surface area contributed by atoms with Crippen molar-refractivity contribution in [2.45, 2.75) is 13.8 Å². The number of hydrogen-bond acceptors (Lipinski definition) is 2. The van der Waals surface area contributed by atoms with Gasteiger partial charge in [-0.15, -0.1) is 0 Å². The minimum absolute atomic E-state index is 0.621. The maximum Gasteiger partial charge on any atom is 0.142 e. The quantitative estimate of drug-likeness (QED) is 0.601. The van der Waals surface area contributed by atoms with Gasteiger partial charge in [0.25, 0.3) is 0 Å². The minimum Gasteiger partial charge on any atom is -0.427 e. The molecule has 0 aliphatic carbocycles. The van der Waals surface area contributed by atoms with Crippen LogP contribution in [0.25, 0.3) is 11.0 Å². The zero-order chi connectivity index (χ0) is 8.72. The highest BCUT2D eigenvalue weighted by Crippen LogP contribution is 2.15. The molecule has 2 aromatic rings. The van der Waals surface area contributed by atoms with Crippen LogP contribution in [0.15, 0.2) is 18.2 Å². The molecule has 0 aliphatic rings. The highest BCUT2D eigenvalue weighted by atomic mass is 16.5. The van der Waals surface area contributed by atoms with Gasteiger partial charge in [0, 0.05) is 0 Å². The monoisotopic (exact) mass is 162 g/mol. The second-order valence-electron chi connectivity index (χ2n) is 2.96. The molecule has 0 atom stereocenters. The lowest BCUT2D eigenvalue weighted by Gasteiger charge is -1.95. The SMILES string of the molecule is Cc1ccc2nc(C)n(O)c2c1. The smallest absolute Gasteiger partial charge is 0.142 e. The molecule has 3 nitrogen and oxygen atoms in total. The van der Waals surface area contributed by atoms with Crippen LogP contribution in [0.3, 0.4) is 0 Å². The van der Waals surface area contributed by atoms with E-state index < -0.39 is 0 Å². The van der Waals surface area contributed by atoms with E-state index in [2.05, 4.69) is 4.98 Å². The lowest BCUT2D eigenvalue weighted by Crippen LogP contribution is -1.92. The first-order valence-electron chi connectivity index (χ1n) is 3.83. The van der Waals surface area contributed by atoms with Crippen molar-refractivity contribution in [1.82, 2.24) is 9.71 Å². The normalized spacial score (nSPS) is 10.8. The molecule has 3 heteroatoms. The van der Waals surface area contributed by atoms with Crippen LogP contribution < -0.4 is 0 Å². The van der Waals surface area contributed by atoms with Crippen molar-refractivity contribution < 1.29 is 5.21 Å². The van der Waals surface area contributed by atoms with E-state index in [1.165, 1.54) is 0 Å². The largest absolute Gasteiger partial charge is 0.427 e. The number of fused-ring (bicyclic) bond motifs is 1. The molecule has 62 valence electrons. The topological polar surface area (TPSA) is 38.0 Å². The van der Waals surface area contributed by atoms with Gasteiger partial charge in [-0.25, -0.2) is 4.98 Å². The summed E-state index contributed by atoms with van der Waals surface area (Å²) in [6.45, 7) is 3.76. The molecule has 0 bridgehead atoms. The Kier molecular flexibility index (Phi) is 1.33. The number of benzene rings is 1. The van der Waals surface area contributed by atoms with Gasteiger partial charge in [-0.1, -0.05) is 6.07 Å². The lowest BCUT2D eigenvalue weighted by molar-refractivity contribution is 0.191. The second-order valence-corrected chi connectivity index (χ2v) is 2.96. The van der Waals surface area contributed by atoms with Crippen molar-refractivity contribution in [3.8, 4) is 0 Å². The molecule has 1 N–H and O–H groups in total. The summed E-state index contributed by atoms with van der Waals surface area (Å²) in [5.74, 6) is 0.621. The molecule has 1 aromatic carbocycles. The third-order valence-electron chi connectivity index (χ3n) is 1.95. The lowest BCUT2D eigenvalue weighted by atomic mass is 10.2.